The Hall–Kier alpha value is -2.23. The highest BCUT2D eigenvalue weighted by Crippen LogP contribution is 2.28. The van der Waals surface area contributed by atoms with Crippen molar-refractivity contribution < 1.29 is 21.6 Å². The zero-order valence-electron chi connectivity index (χ0n) is 16.1. The van der Waals surface area contributed by atoms with Crippen LogP contribution in [0.5, 0.6) is 0 Å². The summed E-state index contributed by atoms with van der Waals surface area (Å²) in [6, 6.07) is 15.2. The summed E-state index contributed by atoms with van der Waals surface area (Å²) >= 11 is 0. The third kappa shape index (κ3) is 5.04. The van der Waals surface area contributed by atoms with E-state index in [2.05, 4.69) is 5.32 Å². The summed E-state index contributed by atoms with van der Waals surface area (Å²) in [6.45, 7) is 0.771. The van der Waals surface area contributed by atoms with Crippen molar-refractivity contribution in [1.29, 1.82) is 0 Å². The van der Waals surface area contributed by atoms with Gasteiger partial charge in [0, 0.05) is 31.8 Å². The van der Waals surface area contributed by atoms with Crippen LogP contribution in [-0.2, 0) is 31.2 Å². The highest BCUT2D eigenvalue weighted by Gasteiger charge is 2.34. The summed E-state index contributed by atoms with van der Waals surface area (Å²) in [5.74, 6) is -0.363. The van der Waals surface area contributed by atoms with E-state index in [4.69, 9.17) is 0 Å². The van der Waals surface area contributed by atoms with E-state index in [-0.39, 0.29) is 34.7 Å². The van der Waals surface area contributed by atoms with E-state index in [0.29, 0.717) is 19.4 Å². The molecule has 0 radical (unpaired) electrons. The molecule has 0 bridgehead atoms. The molecule has 0 saturated carbocycles. The molecule has 1 aliphatic rings. The van der Waals surface area contributed by atoms with Gasteiger partial charge in [-0.1, -0.05) is 42.5 Å². The van der Waals surface area contributed by atoms with Gasteiger partial charge in [0.25, 0.3) is 0 Å². The molecule has 1 saturated heterocycles. The second-order valence-electron chi connectivity index (χ2n) is 7.10. The Morgan fingerprint density at radius 3 is 2.07 bits per heavy atom. The monoisotopic (exact) mass is 436 g/mol. The summed E-state index contributed by atoms with van der Waals surface area (Å²) in [5.41, 5.74) is 0.998. The van der Waals surface area contributed by atoms with Gasteiger partial charge in [-0.05, 0) is 30.5 Å². The fraction of sp³-hybridized carbons (Fsp3) is 0.350. The van der Waals surface area contributed by atoms with Crippen molar-refractivity contribution in [2.24, 2.45) is 5.92 Å². The number of hydrogen-bond donors (Lipinski definition) is 1. The number of piperidine rings is 1. The van der Waals surface area contributed by atoms with Crippen LogP contribution >= 0.6 is 0 Å². The van der Waals surface area contributed by atoms with Crippen molar-refractivity contribution in [2.75, 3.05) is 19.3 Å². The average Bonchev–Trinajstić information content (AvgIpc) is 2.72. The van der Waals surface area contributed by atoms with E-state index < -0.39 is 19.9 Å². The van der Waals surface area contributed by atoms with Crippen LogP contribution in [0.1, 0.15) is 18.4 Å². The predicted octanol–water partition coefficient (Wildman–Crippen LogP) is 1.81. The molecular formula is C20H24N2O5S2. The van der Waals surface area contributed by atoms with E-state index in [1.54, 1.807) is 0 Å². The van der Waals surface area contributed by atoms with Gasteiger partial charge in [0.1, 0.15) is 4.90 Å². The van der Waals surface area contributed by atoms with Crippen molar-refractivity contribution in [3.63, 3.8) is 0 Å². The topological polar surface area (TPSA) is 101 Å². The number of nitrogens with one attached hydrogen (secondary N) is 1. The van der Waals surface area contributed by atoms with E-state index in [1.807, 2.05) is 30.3 Å². The van der Waals surface area contributed by atoms with Gasteiger partial charge in [-0.3, -0.25) is 4.79 Å². The Morgan fingerprint density at radius 1 is 0.931 bits per heavy atom. The minimum atomic E-state index is -3.96. The van der Waals surface area contributed by atoms with Crippen LogP contribution in [0.3, 0.4) is 0 Å². The molecule has 0 aliphatic carbocycles. The summed E-state index contributed by atoms with van der Waals surface area (Å²) < 4.78 is 51.2. The lowest BCUT2D eigenvalue weighted by Gasteiger charge is -2.31. The highest BCUT2D eigenvalue weighted by molar-refractivity contribution is 7.93. The minimum Gasteiger partial charge on any atom is -0.352 e. The molecule has 3 rings (SSSR count). The molecule has 0 atom stereocenters. The quantitative estimate of drug-likeness (QED) is 0.744. The van der Waals surface area contributed by atoms with Gasteiger partial charge in [-0.25, -0.2) is 16.8 Å². The SMILES string of the molecule is CS(=O)(=O)c1ccccc1S(=O)(=O)N1CCC(C(=O)NCc2ccccc2)CC1. The van der Waals surface area contributed by atoms with Crippen molar-refractivity contribution in [2.45, 2.75) is 29.2 Å². The molecule has 2 aromatic carbocycles. The Bertz CT molecular complexity index is 1070. The summed E-state index contributed by atoms with van der Waals surface area (Å²) in [4.78, 5) is 12.0. The van der Waals surface area contributed by atoms with Crippen LogP contribution in [0.4, 0.5) is 0 Å². The molecule has 0 aromatic heterocycles. The Labute approximate surface area is 171 Å². The second-order valence-corrected chi connectivity index (χ2v) is 11.0. The van der Waals surface area contributed by atoms with Crippen LogP contribution in [0.2, 0.25) is 0 Å². The van der Waals surface area contributed by atoms with Crippen molar-refractivity contribution >= 4 is 25.8 Å². The lowest BCUT2D eigenvalue weighted by Crippen LogP contribution is -2.43. The van der Waals surface area contributed by atoms with Gasteiger partial charge >= 0.3 is 0 Å². The first-order chi connectivity index (χ1) is 13.7. The summed E-state index contributed by atoms with van der Waals surface area (Å²) in [5, 5.41) is 2.90. The van der Waals surface area contributed by atoms with E-state index in [1.165, 1.54) is 28.6 Å². The molecule has 1 N–H and O–H groups in total. The summed E-state index contributed by atoms with van der Waals surface area (Å²) in [6.07, 6.45) is 1.77. The first-order valence-electron chi connectivity index (χ1n) is 9.30. The number of carbonyl (C=O) groups excluding carboxylic acids is 1. The number of amides is 1. The molecule has 9 heteroatoms. The average molecular weight is 437 g/mol. The first kappa shape index (κ1) is 21.5. The van der Waals surface area contributed by atoms with Crippen LogP contribution in [0, 0.1) is 5.92 Å². The third-order valence-electron chi connectivity index (χ3n) is 5.00. The molecule has 7 nitrogen and oxygen atoms in total. The standard InChI is InChI=1S/C20H24N2O5S2/c1-28(24,25)18-9-5-6-10-19(18)29(26,27)22-13-11-17(12-14-22)20(23)21-15-16-7-3-2-4-8-16/h2-10,17H,11-15H2,1H3,(H,21,23). The number of carbonyl (C=O) groups is 1. The highest BCUT2D eigenvalue weighted by atomic mass is 32.2. The van der Waals surface area contributed by atoms with Crippen molar-refractivity contribution in [3.05, 3.63) is 60.2 Å². The van der Waals surface area contributed by atoms with Gasteiger partial charge in [-0.2, -0.15) is 4.31 Å². The maximum atomic E-state index is 13.0. The maximum absolute atomic E-state index is 13.0. The molecule has 1 amide bonds. The van der Waals surface area contributed by atoms with Gasteiger partial charge in [-0.15, -0.1) is 0 Å². The molecule has 2 aromatic rings. The Kier molecular flexibility index (Phi) is 6.40. The predicted molar refractivity (Wildman–Crippen MR) is 109 cm³/mol. The fourth-order valence-electron chi connectivity index (χ4n) is 3.40. The van der Waals surface area contributed by atoms with E-state index in [0.717, 1.165) is 11.8 Å². The van der Waals surface area contributed by atoms with Crippen molar-refractivity contribution in [1.82, 2.24) is 9.62 Å². The van der Waals surface area contributed by atoms with Crippen LogP contribution in [0.25, 0.3) is 0 Å². The van der Waals surface area contributed by atoms with Gasteiger partial charge < -0.3 is 5.32 Å². The molecule has 29 heavy (non-hydrogen) atoms. The number of benzene rings is 2. The fourth-order valence-corrected chi connectivity index (χ4v) is 6.47. The van der Waals surface area contributed by atoms with Crippen molar-refractivity contribution in [3.8, 4) is 0 Å². The smallest absolute Gasteiger partial charge is 0.244 e. The zero-order chi connectivity index (χ0) is 21.1. The summed E-state index contributed by atoms with van der Waals surface area (Å²) in [7, 11) is -7.64. The number of nitrogens with zero attached hydrogens (tertiary/aromatic N) is 1. The van der Waals surface area contributed by atoms with Gasteiger partial charge in [0.15, 0.2) is 9.84 Å². The number of rotatable bonds is 6. The lowest BCUT2D eigenvalue weighted by atomic mass is 9.97. The number of sulfone groups is 1. The zero-order valence-corrected chi connectivity index (χ0v) is 17.7. The largest absolute Gasteiger partial charge is 0.352 e. The van der Waals surface area contributed by atoms with E-state index >= 15 is 0 Å². The Balaban J connectivity index is 1.65. The first-order valence-corrected chi connectivity index (χ1v) is 12.6. The second kappa shape index (κ2) is 8.64. The number of sulfonamides is 1. The molecule has 0 unspecified atom stereocenters. The van der Waals surface area contributed by atoms with E-state index in [9.17, 15) is 21.6 Å². The Morgan fingerprint density at radius 2 is 1.48 bits per heavy atom. The number of hydrogen-bond acceptors (Lipinski definition) is 5. The minimum absolute atomic E-state index is 0.0950. The lowest BCUT2D eigenvalue weighted by molar-refractivity contribution is -0.126. The molecule has 0 spiro atoms. The maximum Gasteiger partial charge on any atom is 0.244 e. The van der Waals surface area contributed by atoms with Crippen LogP contribution < -0.4 is 5.32 Å². The normalized spacial score (nSPS) is 16.4. The van der Waals surface area contributed by atoms with Gasteiger partial charge in [0.05, 0.1) is 4.90 Å². The molecular weight excluding hydrogens is 412 g/mol. The third-order valence-corrected chi connectivity index (χ3v) is 8.24. The van der Waals surface area contributed by atoms with Gasteiger partial charge in [0.2, 0.25) is 15.9 Å². The molecule has 1 heterocycles. The molecule has 156 valence electrons. The van der Waals surface area contributed by atoms with Crippen LogP contribution in [-0.4, -0.2) is 46.4 Å². The molecule has 1 aliphatic heterocycles. The van der Waals surface area contributed by atoms with Crippen LogP contribution in [0.15, 0.2) is 64.4 Å². The molecule has 1 fully saturated rings.